The predicted molar refractivity (Wildman–Crippen MR) is 83.4 cm³/mol. The number of carbonyl (C=O) groups is 1. The number of nitrogens with two attached hydrogens (primary N) is 1. The van der Waals surface area contributed by atoms with Crippen molar-refractivity contribution in [1.82, 2.24) is 5.32 Å². The van der Waals surface area contributed by atoms with Gasteiger partial charge in [0.25, 0.3) is 11.6 Å². The number of benzene rings is 1. The van der Waals surface area contributed by atoms with Gasteiger partial charge in [0.05, 0.1) is 15.5 Å². The first-order valence-electron chi connectivity index (χ1n) is 6.32. The fourth-order valence-corrected chi connectivity index (χ4v) is 2.76. The van der Waals surface area contributed by atoms with E-state index in [1.807, 2.05) is 13.8 Å². The maximum atomic E-state index is 12.2. The van der Waals surface area contributed by atoms with Crippen molar-refractivity contribution < 1.29 is 9.72 Å². The highest BCUT2D eigenvalue weighted by atomic mass is 32.1. The van der Waals surface area contributed by atoms with Crippen LogP contribution in [0.5, 0.6) is 0 Å². The largest absolute Gasteiger partial charge is 0.390 e. The van der Waals surface area contributed by atoms with Crippen molar-refractivity contribution in [1.29, 1.82) is 0 Å². The van der Waals surface area contributed by atoms with Gasteiger partial charge in [-0.1, -0.05) is 12.1 Å². The second-order valence-electron chi connectivity index (χ2n) is 4.82. The maximum Gasteiger partial charge on any atom is 0.270 e. The molecular weight excluding hydrogens is 290 g/mol. The summed E-state index contributed by atoms with van der Waals surface area (Å²) in [5.41, 5.74) is 7.44. The van der Waals surface area contributed by atoms with Crippen LogP contribution in [0.15, 0.2) is 29.6 Å². The Bertz CT molecular complexity index is 695. The lowest BCUT2D eigenvalue weighted by atomic mass is 10.0. The van der Waals surface area contributed by atoms with Gasteiger partial charge in [0.1, 0.15) is 0 Å². The monoisotopic (exact) mass is 305 g/mol. The van der Waals surface area contributed by atoms with Crippen LogP contribution in [-0.4, -0.2) is 16.9 Å². The summed E-state index contributed by atoms with van der Waals surface area (Å²) >= 11 is 1.24. The number of rotatable bonds is 4. The average molecular weight is 305 g/mol. The molecule has 0 radical (unpaired) electrons. The highest BCUT2D eigenvalue weighted by molar-refractivity contribution is 7.15. The number of nitrogen functional groups attached to an aromatic ring is 1. The van der Waals surface area contributed by atoms with Gasteiger partial charge in [0.2, 0.25) is 0 Å². The normalized spacial score (nSPS) is 10.6. The predicted octanol–water partition coefficient (Wildman–Crippen LogP) is 3.04. The van der Waals surface area contributed by atoms with E-state index >= 15 is 0 Å². The Morgan fingerprint density at radius 3 is 2.76 bits per heavy atom. The first-order valence-corrected chi connectivity index (χ1v) is 7.20. The van der Waals surface area contributed by atoms with Crippen LogP contribution in [0.4, 0.5) is 10.7 Å². The summed E-state index contributed by atoms with van der Waals surface area (Å²) in [4.78, 5) is 22.6. The number of nitro benzene ring substituents is 1. The number of non-ortho nitro benzene ring substituents is 1. The second-order valence-corrected chi connectivity index (χ2v) is 5.74. The molecule has 3 N–H and O–H groups in total. The Hall–Kier alpha value is -2.41. The molecule has 0 fully saturated rings. The summed E-state index contributed by atoms with van der Waals surface area (Å²) in [5.74, 6) is -0.273. The Morgan fingerprint density at radius 1 is 1.43 bits per heavy atom. The van der Waals surface area contributed by atoms with Crippen LogP contribution in [0.2, 0.25) is 0 Å². The van der Waals surface area contributed by atoms with Crippen LogP contribution in [0.1, 0.15) is 24.2 Å². The van der Waals surface area contributed by atoms with Crippen LogP contribution in [0.3, 0.4) is 0 Å². The second kappa shape index (κ2) is 5.92. The van der Waals surface area contributed by atoms with Gasteiger partial charge in [-0.25, -0.2) is 0 Å². The standard InChI is InChI=1S/C14H15N3O3S/c1-8(2)16-14(18)12-11(7-21-13(12)15)9-4-3-5-10(6-9)17(19)20/h3-8H,15H2,1-2H3,(H,16,18). The van der Waals surface area contributed by atoms with E-state index in [0.29, 0.717) is 21.7 Å². The molecule has 1 heterocycles. The number of nitro groups is 1. The topological polar surface area (TPSA) is 98.3 Å². The SMILES string of the molecule is CC(C)NC(=O)c1c(-c2cccc([N+](=O)[O-])c2)csc1N. The molecule has 7 heteroatoms. The van der Waals surface area contributed by atoms with Gasteiger partial charge in [-0.2, -0.15) is 0 Å². The van der Waals surface area contributed by atoms with E-state index in [2.05, 4.69) is 5.32 Å². The average Bonchev–Trinajstić information content (AvgIpc) is 2.80. The molecule has 0 unspecified atom stereocenters. The summed E-state index contributed by atoms with van der Waals surface area (Å²) in [6.45, 7) is 3.71. The van der Waals surface area contributed by atoms with Crippen LogP contribution >= 0.6 is 11.3 Å². The highest BCUT2D eigenvalue weighted by Gasteiger charge is 2.20. The van der Waals surface area contributed by atoms with Gasteiger partial charge in [-0.05, 0) is 19.4 Å². The number of hydrogen-bond acceptors (Lipinski definition) is 5. The van der Waals surface area contributed by atoms with E-state index in [9.17, 15) is 14.9 Å². The summed E-state index contributed by atoms with van der Waals surface area (Å²) < 4.78 is 0. The summed E-state index contributed by atoms with van der Waals surface area (Å²) in [7, 11) is 0. The zero-order valence-electron chi connectivity index (χ0n) is 11.6. The number of nitrogens with zero attached hydrogens (tertiary/aromatic N) is 1. The molecule has 0 aliphatic carbocycles. The van der Waals surface area contributed by atoms with Crippen LogP contribution < -0.4 is 11.1 Å². The quantitative estimate of drug-likeness (QED) is 0.670. The number of hydrogen-bond donors (Lipinski definition) is 2. The van der Waals surface area contributed by atoms with Gasteiger partial charge in [0.15, 0.2) is 0 Å². The lowest BCUT2D eigenvalue weighted by Gasteiger charge is -2.10. The zero-order chi connectivity index (χ0) is 15.6. The minimum atomic E-state index is -0.465. The minimum absolute atomic E-state index is 0.0187. The van der Waals surface area contributed by atoms with Crippen LogP contribution in [0.25, 0.3) is 11.1 Å². The molecule has 1 aromatic heterocycles. The maximum absolute atomic E-state index is 12.2. The molecule has 0 saturated carbocycles. The van der Waals surface area contributed by atoms with Crippen molar-refractivity contribution in [3.63, 3.8) is 0 Å². The number of carbonyl (C=O) groups excluding carboxylic acids is 1. The van der Waals surface area contributed by atoms with E-state index < -0.39 is 4.92 Å². The molecule has 0 saturated heterocycles. The first-order chi connectivity index (χ1) is 9.90. The van der Waals surface area contributed by atoms with Crippen LogP contribution in [-0.2, 0) is 0 Å². The van der Waals surface area contributed by atoms with E-state index in [-0.39, 0.29) is 17.6 Å². The molecule has 0 aliphatic rings. The number of nitrogens with one attached hydrogen (secondary N) is 1. The number of anilines is 1. The Kier molecular flexibility index (Phi) is 4.23. The smallest absolute Gasteiger partial charge is 0.270 e. The Balaban J connectivity index is 2.48. The molecule has 1 aromatic carbocycles. The summed E-state index contributed by atoms with van der Waals surface area (Å²) in [6.07, 6.45) is 0. The fourth-order valence-electron chi connectivity index (χ4n) is 1.94. The minimum Gasteiger partial charge on any atom is -0.390 e. The van der Waals surface area contributed by atoms with Gasteiger partial charge in [-0.15, -0.1) is 11.3 Å². The van der Waals surface area contributed by atoms with Gasteiger partial charge in [0, 0.05) is 29.1 Å². The van der Waals surface area contributed by atoms with Crippen LogP contribution in [0, 0.1) is 10.1 Å². The third-order valence-corrected chi connectivity index (χ3v) is 3.65. The molecule has 2 aromatic rings. The molecule has 0 atom stereocenters. The van der Waals surface area contributed by atoms with Gasteiger partial charge >= 0.3 is 0 Å². The molecule has 110 valence electrons. The fraction of sp³-hybridized carbons (Fsp3) is 0.214. The first kappa shape index (κ1) is 15.0. The molecule has 1 amide bonds. The number of amides is 1. The van der Waals surface area contributed by atoms with Crippen molar-refractivity contribution >= 4 is 27.9 Å². The highest BCUT2D eigenvalue weighted by Crippen LogP contribution is 2.34. The molecular formula is C14H15N3O3S. The molecule has 0 spiro atoms. The van der Waals surface area contributed by atoms with Crippen molar-refractivity contribution in [2.45, 2.75) is 19.9 Å². The number of thiophene rings is 1. The molecule has 21 heavy (non-hydrogen) atoms. The Labute approximate surface area is 125 Å². The van der Waals surface area contributed by atoms with E-state index in [1.165, 1.54) is 23.5 Å². The zero-order valence-corrected chi connectivity index (χ0v) is 12.4. The van der Waals surface area contributed by atoms with Crippen molar-refractivity contribution in [3.8, 4) is 11.1 Å². The molecule has 2 rings (SSSR count). The van der Waals surface area contributed by atoms with Crippen molar-refractivity contribution in [2.24, 2.45) is 0 Å². The molecule has 6 nitrogen and oxygen atoms in total. The molecule has 0 bridgehead atoms. The van der Waals surface area contributed by atoms with E-state index in [1.54, 1.807) is 17.5 Å². The summed E-state index contributed by atoms with van der Waals surface area (Å²) in [5, 5.41) is 15.8. The summed E-state index contributed by atoms with van der Waals surface area (Å²) in [6, 6.07) is 6.14. The molecule has 0 aliphatic heterocycles. The van der Waals surface area contributed by atoms with Gasteiger partial charge < -0.3 is 11.1 Å². The lowest BCUT2D eigenvalue weighted by molar-refractivity contribution is -0.384. The van der Waals surface area contributed by atoms with E-state index in [0.717, 1.165) is 0 Å². The third-order valence-electron chi connectivity index (χ3n) is 2.83. The Morgan fingerprint density at radius 2 is 2.14 bits per heavy atom. The van der Waals surface area contributed by atoms with Crippen molar-refractivity contribution in [2.75, 3.05) is 5.73 Å². The van der Waals surface area contributed by atoms with E-state index in [4.69, 9.17) is 5.73 Å². The lowest BCUT2D eigenvalue weighted by Crippen LogP contribution is -2.30. The van der Waals surface area contributed by atoms with Crippen molar-refractivity contribution in [3.05, 3.63) is 45.3 Å². The third kappa shape index (κ3) is 3.19. The van der Waals surface area contributed by atoms with Gasteiger partial charge in [-0.3, -0.25) is 14.9 Å².